The number of nitrogens with zero attached hydrogens (tertiary/aromatic N) is 1. The van der Waals surface area contributed by atoms with Crippen molar-refractivity contribution in [3.05, 3.63) is 0 Å². The van der Waals surface area contributed by atoms with Gasteiger partial charge in [-0.2, -0.15) is 0 Å². The Morgan fingerprint density at radius 3 is 2.68 bits per heavy atom. The number of carbonyl (C=O) groups is 3. The third-order valence-corrected chi connectivity index (χ3v) is 5.45. The molecule has 8 heteroatoms. The van der Waals surface area contributed by atoms with Gasteiger partial charge in [0.05, 0.1) is 17.5 Å². The van der Waals surface area contributed by atoms with Gasteiger partial charge < -0.3 is 14.8 Å². The molecule has 1 aliphatic rings. The largest absolute Gasteiger partial charge is 0.381 e. The van der Waals surface area contributed by atoms with Crippen LogP contribution in [0.5, 0.6) is 0 Å². The topological polar surface area (TPSA) is 84.9 Å². The summed E-state index contributed by atoms with van der Waals surface area (Å²) < 4.78 is 11.4. The van der Waals surface area contributed by atoms with Gasteiger partial charge in [0.15, 0.2) is 0 Å². The molecule has 1 aliphatic heterocycles. The van der Waals surface area contributed by atoms with E-state index in [0.29, 0.717) is 25.7 Å². The number of nitrogens with one attached hydrogen (secondary N) is 1. The van der Waals surface area contributed by atoms with Crippen LogP contribution in [0, 0.1) is 5.92 Å². The Balaban J connectivity index is 2.18. The van der Waals surface area contributed by atoms with Crippen molar-refractivity contribution in [3.63, 3.8) is 0 Å². The molecule has 162 valence electrons. The first kappa shape index (κ1) is 24.9. The van der Waals surface area contributed by atoms with Crippen LogP contribution in [0.2, 0.25) is 0 Å². The van der Waals surface area contributed by atoms with Crippen LogP contribution in [0.25, 0.3) is 0 Å². The van der Waals surface area contributed by atoms with Gasteiger partial charge in [-0.15, -0.1) is 11.8 Å². The van der Waals surface area contributed by atoms with E-state index in [-0.39, 0.29) is 48.0 Å². The summed E-state index contributed by atoms with van der Waals surface area (Å²) in [5.41, 5.74) is -0.317. The Morgan fingerprint density at radius 2 is 2.04 bits per heavy atom. The fourth-order valence-corrected chi connectivity index (χ4v) is 3.68. The van der Waals surface area contributed by atoms with Crippen molar-refractivity contribution in [2.24, 2.45) is 5.92 Å². The van der Waals surface area contributed by atoms with Gasteiger partial charge in [-0.25, -0.2) is 0 Å². The number of amides is 3. The SMILES string of the molecule is CCSC1CC(=O)N(CCC(=O)NCCOC(C)(C)CCOCC(C)C)C1=O. The van der Waals surface area contributed by atoms with Crippen molar-refractivity contribution in [1.29, 1.82) is 0 Å². The number of rotatable bonds is 14. The summed E-state index contributed by atoms with van der Waals surface area (Å²) in [7, 11) is 0. The maximum atomic E-state index is 12.2. The number of likely N-dealkylation sites (tertiary alicyclic amines) is 1. The Morgan fingerprint density at radius 1 is 1.32 bits per heavy atom. The lowest BCUT2D eigenvalue weighted by Gasteiger charge is -2.25. The molecule has 3 amide bonds. The molecule has 1 N–H and O–H groups in total. The Kier molecular flexibility index (Phi) is 11.1. The number of ether oxygens (including phenoxy) is 2. The summed E-state index contributed by atoms with van der Waals surface area (Å²) in [6.45, 7) is 12.5. The van der Waals surface area contributed by atoms with E-state index in [4.69, 9.17) is 9.47 Å². The quantitative estimate of drug-likeness (QED) is 0.345. The van der Waals surface area contributed by atoms with E-state index in [1.54, 1.807) is 0 Å². The van der Waals surface area contributed by atoms with E-state index in [0.717, 1.165) is 18.8 Å². The average molecular weight is 417 g/mol. The average Bonchev–Trinajstić information content (AvgIpc) is 2.87. The molecule has 0 bridgehead atoms. The summed E-state index contributed by atoms with van der Waals surface area (Å²) in [4.78, 5) is 37.3. The van der Waals surface area contributed by atoms with Crippen molar-refractivity contribution in [2.75, 3.05) is 38.7 Å². The number of carbonyl (C=O) groups excluding carboxylic acids is 3. The highest BCUT2D eigenvalue weighted by Gasteiger charge is 2.38. The van der Waals surface area contributed by atoms with E-state index >= 15 is 0 Å². The molecule has 0 aromatic carbocycles. The fourth-order valence-electron chi connectivity index (χ4n) is 2.75. The number of imide groups is 1. The van der Waals surface area contributed by atoms with Crippen LogP contribution in [0.15, 0.2) is 0 Å². The van der Waals surface area contributed by atoms with Gasteiger partial charge in [-0.3, -0.25) is 19.3 Å². The maximum Gasteiger partial charge on any atom is 0.242 e. The zero-order valence-corrected chi connectivity index (χ0v) is 18.7. The molecule has 0 spiro atoms. The smallest absolute Gasteiger partial charge is 0.242 e. The molecule has 28 heavy (non-hydrogen) atoms. The van der Waals surface area contributed by atoms with E-state index in [9.17, 15) is 14.4 Å². The predicted octanol–water partition coefficient (Wildman–Crippen LogP) is 2.23. The van der Waals surface area contributed by atoms with Crippen molar-refractivity contribution < 1.29 is 23.9 Å². The van der Waals surface area contributed by atoms with Crippen LogP contribution in [-0.4, -0.2) is 72.1 Å². The third kappa shape index (κ3) is 9.39. The Bertz CT molecular complexity index is 525. The molecule has 0 aromatic heterocycles. The summed E-state index contributed by atoms with van der Waals surface area (Å²) in [5.74, 6) is 0.761. The number of hydrogen-bond acceptors (Lipinski definition) is 6. The van der Waals surface area contributed by atoms with Crippen LogP contribution >= 0.6 is 11.8 Å². The van der Waals surface area contributed by atoms with Crippen LogP contribution in [0.1, 0.15) is 53.9 Å². The molecule has 1 fully saturated rings. The second-order valence-electron chi connectivity index (χ2n) is 7.96. The van der Waals surface area contributed by atoms with Crippen LogP contribution in [0.4, 0.5) is 0 Å². The van der Waals surface area contributed by atoms with Crippen molar-refractivity contribution >= 4 is 29.5 Å². The first-order chi connectivity index (χ1) is 13.2. The monoisotopic (exact) mass is 416 g/mol. The van der Waals surface area contributed by atoms with Gasteiger partial charge in [0.2, 0.25) is 17.7 Å². The van der Waals surface area contributed by atoms with Gasteiger partial charge in [0.25, 0.3) is 0 Å². The molecule has 0 aromatic rings. The van der Waals surface area contributed by atoms with E-state index in [1.165, 1.54) is 16.7 Å². The first-order valence-electron chi connectivity index (χ1n) is 10.1. The summed E-state index contributed by atoms with van der Waals surface area (Å²) in [5, 5.41) is 2.49. The zero-order chi connectivity index (χ0) is 21.2. The lowest BCUT2D eigenvalue weighted by molar-refractivity contribution is -0.138. The van der Waals surface area contributed by atoms with E-state index in [1.807, 2.05) is 20.8 Å². The van der Waals surface area contributed by atoms with Crippen LogP contribution in [0.3, 0.4) is 0 Å². The molecule has 0 aliphatic carbocycles. The molecule has 1 saturated heterocycles. The standard InChI is InChI=1S/C20H36N2O5S/c1-6-28-16-13-18(24)22(19(16)25)10-7-17(23)21-9-12-27-20(4,5)8-11-26-14-15(2)3/h15-16H,6-14H2,1-5H3,(H,21,23). The van der Waals surface area contributed by atoms with Crippen molar-refractivity contribution in [2.45, 2.75) is 64.7 Å². The van der Waals surface area contributed by atoms with Gasteiger partial charge in [0, 0.05) is 39.1 Å². The molecule has 7 nitrogen and oxygen atoms in total. The minimum absolute atomic E-state index is 0.118. The second kappa shape index (κ2) is 12.4. The van der Waals surface area contributed by atoms with Gasteiger partial charge in [0.1, 0.15) is 0 Å². The molecular weight excluding hydrogens is 380 g/mol. The molecule has 1 heterocycles. The molecule has 1 unspecified atom stereocenters. The highest BCUT2D eigenvalue weighted by molar-refractivity contribution is 8.00. The molecule has 0 radical (unpaired) electrons. The highest BCUT2D eigenvalue weighted by Crippen LogP contribution is 2.24. The summed E-state index contributed by atoms with van der Waals surface area (Å²) in [6.07, 6.45) is 1.14. The third-order valence-electron chi connectivity index (χ3n) is 4.35. The summed E-state index contributed by atoms with van der Waals surface area (Å²) >= 11 is 1.48. The van der Waals surface area contributed by atoms with Crippen molar-refractivity contribution in [1.82, 2.24) is 10.2 Å². The second-order valence-corrected chi connectivity index (χ2v) is 9.44. The van der Waals surface area contributed by atoms with Gasteiger partial charge in [-0.1, -0.05) is 20.8 Å². The van der Waals surface area contributed by atoms with Gasteiger partial charge in [-0.05, 0) is 31.9 Å². The summed E-state index contributed by atoms with van der Waals surface area (Å²) in [6, 6.07) is 0. The minimum Gasteiger partial charge on any atom is -0.381 e. The van der Waals surface area contributed by atoms with Crippen LogP contribution in [-0.2, 0) is 23.9 Å². The molecule has 0 saturated carbocycles. The van der Waals surface area contributed by atoms with Crippen LogP contribution < -0.4 is 5.32 Å². The highest BCUT2D eigenvalue weighted by atomic mass is 32.2. The normalized spacial score (nSPS) is 17.6. The lowest BCUT2D eigenvalue weighted by atomic mass is 10.1. The molecule has 1 atom stereocenters. The minimum atomic E-state index is -0.317. The van der Waals surface area contributed by atoms with Gasteiger partial charge >= 0.3 is 0 Å². The Hall–Kier alpha value is -1.12. The first-order valence-corrected chi connectivity index (χ1v) is 11.2. The molecular formula is C20H36N2O5S. The zero-order valence-electron chi connectivity index (χ0n) is 17.9. The van der Waals surface area contributed by atoms with E-state index in [2.05, 4.69) is 19.2 Å². The molecule has 1 rings (SSSR count). The van der Waals surface area contributed by atoms with E-state index < -0.39 is 0 Å². The number of thioether (sulfide) groups is 1. The maximum absolute atomic E-state index is 12.2. The predicted molar refractivity (Wildman–Crippen MR) is 111 cm³/mol. The fraction of sp³-hybridized carbons (Fsp3) is 0.850. The Labute approximate surface area is 173 Å². The lowest BCUT2D eigenvalue weighted by Crippen LogP contribution is -2.37. The number of hydrogen-bond donors (Lipinski definition) is 1. The van der Waals surface area contributed by atoms with Crippen molar-refractivity contribution in [3.8, 4) is 0 Å².